The van der Waals surface area contributed by atoms with Crippen LogP contribution in [0.15, 0.2) is 42.5 Å². The van der Waals surface area contributed by atoms with Crippen LogP contribution >= 0.6 is 0 Å². The van der Waals surface area contributed by atoms with Gasteiger partial charge in [-0.3, -0.25) is 4.79 Å². The average Bonchev–Trinajstić information content (AvgIpc) is 2.42. The molecule has 2 aromatic carbocycles. The van der Waals surface area contributed by atoms with Gasteiger partial charge in [0.15, 0.2) is 11.6 Å². The smallest absolute Gasteiger partial charge is 0.243 e. The van der Waals surface area contributed by atoms with Crippen LogP contribution in [0.5, 0.6) is 0 Å². The van der Waals surface area contributed by atoms with Crippen LogP contribution in [0.3, 0.4) is 0 Å². The standard InChI is InChI=1S/C14H11F3N2O/c15-10-6-12(17)13(7-11(10)16)18-8-14(20)19-9-4-2-1-3-5-9/h1-7,18H,8H2,(H,19,20). The molecule has 1 amide bonds. The lowest BCUT2D eigenvalue weighted by molar-refractivity contribution is -0.114. The third kappa shape index (κ3) is 3.50. The molecule has 0 aliphatic rings. The van der Waals surface area contributed by atoms with Crippen molar-refractivity contribution in [2.45, 2.75) is 0 Å². The Morgan fingerprint density at radius 1 is 0.950 bits per heavy atom. The zero-order valence-corrected chi connectivity index (χ0v) is 10.3. The third-order valence-electron chi connectivity index (χ3n) is 2.51. The lowest BCUT2D eigenvalue weighted by Crippen LogP contribution is -2.22. The minimum Gasteiger partial charge on any atom is -0.374 e. The van der Waals surface area contributed by atoms with Crippen molar-refractivity contribution in [1.29, 1.82) is 0 Å². The summed E-state index contributed by atoms with van der Waals surface area (Å²) in [5.41, 5.74) is 0.317. The first-order valence-corrected chi connectivity index (χ1v) is 5.79. The van der Waals surface area contributed by atoms with E-state index < -0.39 is 23.4 Å². The Kier molecular flexibility index (Phi) is 4.24. The number of para-hydroxylation sites is 1. The molecule has 0 aliphatic heterocycles. The summed E-state index contributed by atoms with van der Waals surface area (Å²) in [5.74, 6) is -3.85. The summed E-state index contributed by atoms with van der Waals surface area (Å²) < 4.78 is 39.0. The first-order valence-electron chi connectivity index (χ1n) is 5.79. The van der Waals surface area contributed by atoms with Gasteiger partial charge in [-0.05, 0) is 12.1 Å². The Balaban J connectivity index is 1.95. The molecule has 0 atom stereocenters. The summed E-state index contributed by atoms with van der Waals surface area (Å²) in [7, 11) is 0. The maximum Gasteiger partial charge on any atom is 0.243 e. The number of carbonyl (C=O) groups excluding carboxylic acids is 1. The Bertz CT molecular complexity index is 617. The summed E-state index contributed by atoms with van der Waals surface area (Å²) in [6, 6.07) is 9.76. The molecule has 3 nitrogen and oxygen atoms in total. The summed E-state index contributed by atoms with van der Waals surface area (Å²) in [6.45, 7) is -0.267. The molecular weight excluding hydrogens is 269 g/mol. The molecule has 0 spiro atoms. The van der Waals surface area contributed by atoms with E-state index in [4.69, 9.17) is 0 Å². The molecule has 0 saturated heterocycles. The molecule has 2 aromatic rings. The van der Waals surface area contributed by atoms with Crippen molar-refractivity contribution in [2.75, 3.05) is 17.2 Å². The minimum absolute atomic E-state index is 0.267. The van der Waals surface area contributed by atoms with Crippen LogP contribution in [0.1, 0.15) is 0 Å². The maximum atomic E-state index is 13.3. The van der Waals surface area contributed by atoms with Crippen LogP contribution in [0.4, 0.5) is 24.5 Å². The fourth-order valence-corrected chi connectivity index (χ4v) is 1.56. The highest BCUT2D eigenvalue weighted by atomic mass is 19.2. The van der Waals surface area contributed by atoms with Crippen LogP contribution in [0.25, 0.3) is 0 Å². The van der Waals surface area contributed by atoms with Crippen LogP contribution in [-0.2, 0) is 4.79 Å². The summed E-state index contributed by atoms with van der Waals surface area (Å²) in [4.78, 5) is 11.6. The molecule has 20 heavy (non-hydrogen) atoms. The Hall–Kier alpha value is -2.50. The fraction of sp³-hybridized carbons (Fsp3) is 0.0714. The van der Waals surface area contributed by atoms with E-state index in [0.717, 1.165) is 0 Å². The SMILES string of the molecule is O=C(CNc1cc(F)c(F)cc1F)Nc1ccccc1. The number of amides is 1. The van der Waals surface area contributed by atoms with Gasteiger partial charge in [0.05, 0.1) is 12.2 Å². The van der Waals surface area contributed by atoms with E-state index in [2.05, 4.69) is 10.6 Å². The van der Waals surface area contributed by atoms with Gasteiger partial charge in [0.25, 0.3) is 0 Å². The zero-order chi connectivity index (χ0) is 14.5. The molecule has 0 saturated carbocycles. The van der Waals surface area contributed by atoms with Gasteiger partial charge < -0.3 is 10.6 Å². The number of hydrogen-bond donors (Lipinski definition) is 2. The molecule has 104 valence electrons. The van der Waals surface area contributed by atoms with Crippen molar-refractivity contribution in [1.82, 2.24) is 0 Å². The molecule has 0 bridgehead atoms. The van der Waals surface area contributed by atoms with Crippen molar-refractivity contribution >= 4 is 17.3 Å². The number of rotatable bonds is 4. The summed E-state index contributed by atoms with van der Waals surface area (Å²) in [5, 5.41) is 4.97. The molecule has 2 N–H and O–H groups in total. The van der Waals surface area contributed by atoms with Gasteiger partial charge in [0.2, 0.25) is 5.91 Å². The number of halogens is 3. The lowest BCUT2D eigenvalue weighted by atomic mass is 10.2. The van der Waals surface area contributed by atoms with Crippen molar-refractivity contribution in [3.63, 3.8) is 0 Å². The second-order valence-corrected chi connectivity index (χ2v) is 4.01. The monoisotopic (exact) mass is 280 g/mol. The molecule has 6 heteroatoms. The van der Waals surface area contributed by atoms with Gasteiger partial charge in [0.1, 0.15) is 5.82 Å². The molecule has 0 radical (unpaired) electrons. The minimum atomic E-state index is -1.28. The van der Waals surface area contributed by atoms with Crippen LogP contribution in [0, 0.1) is 17.5 Å². The van der Waals surface area contributed by atoms with Gasteiger partial charge >= 0.3 is 0 Å². The second-order valence-electron chi connectivity index (χ2n) is 4.01. The highest BCUT2D eigenvalue weighted by molar-refractivity contribution is 5.93. The predicted octanol–water partition coefficient (Wildman–Crippen LogP) is 3.15. The first-order chi connectivity index (χ1) is 9.56. The number of hydrogen-bond acceptors (Lipinski definition) is 2. The van der Waals surface area contributed by atoms with Gasteiger partial charge in [-0.1, -0.05) is 18.2 Å². The number of benzene rings is 2. The van der Waals surface area contributed by atoms with E-state index in [9.17, 15) is 18.0 Å². The quantitative estimate of drug-likeness (QED) is 0.845. The van der Waals surface area contributed by atoms with Gasteiger partial charge in [-0.25, -0.2) is 13.2 Å². The summed E-state index contributed by atoms with van der Waals surface area (Å²) in [6.07, 6.45) is 0. The summed E-state index contributed by atoms with van der Waals surface area (Å²) >= 11 is 0. The lowest BCUT2D eigenvalue weighted by Gasteiger charge is -2.09. The molecule has 0 heterocycles. The van der Waals surface area contributed by atoms with Gasteiger partial charge in [-0.15, -0.1) is 0 Å². The van der Waals surface area contributed by atoms with Gasteiger partial charge in [0, 0.05) is 17.8 Å². The highest BCUT2D eigenvalue weighted by Gasteiger charge is 2.10. The largest absolute Gasteiger partial charge is 0.374 e. The predicted molar refractivity (Wildman–Crippen MR) is 69.9 cm³/mol. The number of nitrogens with one attached hydrogen (secondary N) is 2. The van der Waals surface area contributed by atoms with E-state index >= 15 is 0 Å². The third-order valence-corrected chi connectivity index (χ3v) is 2.51. The maximum absolute atomic E-state index is 13.3. The van der Waals surface area contributed by atoms with E-state index in [-0.39, 0.29) is 12.2 Å². The average molecular weight is 280 g/mol. The van der Waals surface area contributed by atoms with Gasteiger partial charge in [-0.2, -0.15) is 0 Å². The van der Waals surface area contributed by atoms with E-state index in [0.29, 0.717) is 17.8 Å². The Morgan fingerprint density at radius 2 is 1.60 bits per heavy atom. The van der Waals surface area contributed by atoms with Crippen molar-refractivity contribution in [3.8, 4) is 0 Å². The second kappa shape index (κ2) is 6.10. The Labute approximate surface area is 113 Å². The molecule has 0 aromatic heterocycles. The fourth-order valence-electron chi connectivity index (χ4n) is 1.56. The van der Waals surface area contributed by atoms with Crippen LogP contribution < -0.4 is 10.6 Å². The van der Waals surface area contributed by atoms with Crippen molar-refractivity contribution in [2.24, 2.45) is 0 Å². The van der Waals surface area contributed by atoms with E-state index in [1.54, 1.807) is 30.3 Å². The van der Waals surface area contributed by atoms with Crippen molar-refractivity contribution in [3.05, 3.63) is 59.9 Å². The Morgan fingerprint density at radius 3 is 2.30 bits per heavy atom. The molecular formula is C14H11F3N2O. The van der Waals surface area contributed by atoms with Crippen molar-refractivity contribution < 1.29 is 18.0 Å². The van der Waals surface area contributed by atoms with E-state index in [1.165, 1.54) is 0 Å². The molecule has 0 fully saturated rings. The highest BCUT2D eigenvalue weighted by Crippen LogP contribution is 2.18. The zero-order valence-electron chi connectivity index (χ0n) is 10.3. The molecule has 0 aliphatic carbocycles. The molecule has 2 rings (SSSR count). The van der Waals surface area contributed by atoms with Crippen LogP contribution in [-0.4, -0.2) is 12.5 Å². The molecule has 0 unspecified atom stereocenters. The normalized spacial score (nSPS) is 10.2. The van der Waals surface area contributed by atoms with E-state index in [1.807, 2.05) is 0 Å². The number of carbonyl (C=O) groups is 1. The first kappa shape index (κ1) is 13.9. The topological polar surface area (TPSA) is 41.1 Å². The number of anilines is 2. The van der Waals surface area contributed by atoms with Crippen LogP contribution in [0.2, 0.25) is 0 Å².